The molecule has 2 aromatic rings. The minimum absolute atomic E-state index is 0.234. The number of fused-ring (bicyclic) bond motifs is 1. The summed E-state index contributed by atoms with van der Waals surface area (Å²) < 4.78 is 49.7. The van der Waals surface area contributed by atoms with E-state index in [2.05, 4.69) is 0 Å². The molecule has 0 spiro atoms. The number of rotatable bonds is 4. The van der Waals surface area contributed by atoms with Gasteiger partial charge in [-0.1, -0.05) is 42.5 Å². The van der Waals surface area contributed by atoms with Crippen LogP contribution in [-0.4, -0.2) is 18.3 Å². The van der Waals surface area contributed by atoms with Crippen LogP contribution in [0.4, 0.5) is 17.6 Å². The average Bonchev–Trinajstić information content (AvgIpc) is 2.44. The molecule has 106 valence electrons. The molecule has 0 saturated carbocycles. The predicted octanol–water partition coefficient (Wildman–Crippen LogP) is 3.36. The maximum Gasteiger partial charge on any atom is 0.383 e. The van der Waals surface area contributed by atoms with Crippen LogP contribution in [0.1, 0.15) is 5.56 Å². The molecule has 0 bridgehead atoms. The zero-order chi connectivity index (χ0) is 14.8. The standard InChI is InChI=1S/C14H11F4NO/c15-12(16)14(17,18)13(20)19-8-10-6-3-5-9-4-1-2-7-11(9)10/h1-7,12H,8H2,(H,19,20). The first-order valence-corrected chi connectivity index (χ1v) is 5.84. The van der Waals surface area contributed by atoms with Gasteiger partial charge in [-0.25, -0.2) is 8.78 Å². The lowest BCUT2D eigenvalue weighted by Gasteiger charge is -2.15. The van der Waals surface area contributed by atoms with Gasteiger partial charge < -0.3 is 5.32 Å². The van der Waals surface area contributed by atoms with E-state index >= 15 is 0 Å². The van der Waals surface area contributed by atoms with Gasteiger partial charge in [-0.2, -0.15) is 8.78 Å². The zero-order valence-electron chi connectivity index (χ0n) is 10.2. The fourth-order valence-electron chi connectivity index (χ4n) is 1.84. The molecule has 0 aliphatic carbocycles. The summed E-state index contributed by atoms with van der Waals surface area (Å²) in [6.45, 7) is -0.234. The highest BCUT2D eigenvalue weighted by Gasteiger charge is 2.48. The van der Waals surface area contributed by atoms with Crippen molar-refractivity contribution in [3.05, 3.63) is 48.0 Å². The van der Waals surface area contributed by atoms with Gasteiger partial charge in [0.05, 0.1) is 0 Å². The third-order valence-electron chi connectivity index (χ3n) is 2.90. The van der Waals surface area contributed by atoms with Gasteiger partial charge in [-0.05, 0) is 16.3 Å². The number of hydrogen-bond donors (Lipinski definition) is 1. The highest BCUT2D eigenvalue weighted by Crippen LogP contribution is 2.23. The molecule has 0 aliphatic heterocycles. The number of alkyl halides is 4. The third-order valence-corrected chi connectivity index (χ3v) is 2.90. The highest BCUT2D eigenvalue weighted by molar-refractivity contribution is 5.87. The van der Waals surface area contributed by atoms with Crippen molar-refractivity contribution in [3.8, 4) is 0 Å². The molecule has 0 heterocycles. The summed E-state index contributed by atoms with van der Waals surface area (Å²) in [5, 5.41) is 3.49. The lowest BCUT2D eigenvalue weighted by atomic mass is 10.0. The molecule has 0 saturated heterocycles. The van der Waals surface area contributed by atoms with Crippen LogP contribution in [0, 0.1) is 0 Å². The molecule has 2 rings (SSSR count). The topological polar surface area (TPSA) is 29.1 Å². The van der Waals surface area contributed by atoms with E-state index in [0.717, 1.165) is 10.8 Å². The van der Waals surface area contributed by atoms with Crippen molar-refractivity contribution < 1.29 is 22.4 Å². The van der Waals surface area contributed by atoms with Crippen LogP contribution in [0.2, 0.25) is 0 Å². The van der Waals surface area contributed by atoms with E-state index in [9.17, 15) is 22.4 Å². The Morgan fingerprint density at radius 2 is 1.75 bits per heavy atom. The summed E-state index contributed by atoms with van der Waals surface area (Å²) in [5.74, 6) is -6.65. The third kappa shape index (κ3) is 2.74. The molecule has 0 aromatic heterocycles. The van der Waals surface area contributed by atoms with E-state index < -0.39 is 18.3 Å². The van der Waals surface area contributed by atoms with E-state index in [0.29, 0.717) is 5.56 Å². The van der Waals surface area contributed by atoms with E-state index in [1.54, 1.807) is 24.3 Å². The van der Waals surface area contributed by atoms with E-state index in [1.165, 1.54) is 0 Å². The van der Waals surface area contributed by atoms with E-state index in [-0.39, 0.29) is 6.54 Å². The molecular formula is C14H11F4NO. The lowest BCUT2D eigenvalue weighted by Crippen LogP contribution is -2.44. The Morgan fingerprint density at radius 1 is 1.10 bits per heavy atom. The summed E-state index contributed by atoms with van der Waals surface area (Å²) in [6.07, 6.45) is -4.02. The normalized spacial score (nSPS) is 11.8. The number of benzene rings is 2. The SMILES string of the molecule is O=C(NCc1cccc2ccccc12)C(F)(F)C(F)F. The van der Waals surface area contributed by atoms with Gasteiger partial charge in [0.1, 0.15) is 0 Å². The number of nitrogens with one attached hydrogen (secondary N) is 1. The van der Waals surface area contributed by atoms with Gasteiger partial charge in [-0.15, -0.1) is 0 Å². The molecule has 0 unspecified atom stereocenters. The maximum absolute atomic E-state index is 12.8. The van der Waals surface area contributed by atoms with Crippen LogP contribution in [-0.2, 0) is 11.3 Å². The summed E-state index contributed by atoms with van der Waals surface area (Å²) in [6, 6.07) is 12.3. The molecule has 0 aliphatic rings. The smallest absolute Gasteiger partial charge is 0.347 e. The van der Waals surface area contributed by atoms with Crippen molar-refractivity contribution >= 4 is 16.7 Å². The fourth-order valence-corrected chi connectivity index (χ4v) is 1.84. The van der Waals surface area contributed by atoms with Crippen molar-refractivity contribution in [1.29, 1.82) is 0 Å². The molecule has 6 heteroatoms. The maximum atomic E-state index is 12.8. The average molecular weight is 285 g/mol. The second-order valence-corrected chi connectivity index (χ2v) is 4.24. The van der Waals surface area contributed by atoms with Gasteiger partial charge >= 0.3 is 12.3 Å². The monoisotopic (exact) mass is 285 g/mol. The first-order chi connectivity index (χ1) is 9.43. The summed E-state index contributed by atoms with van der Waals surface area (Å²) in [4.78, 5) is 11.1. The van der Waals surface area contributed by atoms with Gasteiger partial charge in [0.15, 0.2) is 0 Å². The van der Waals surface area contributed by atoms with Crippen LogP contribution in [0.5, 0.6) is 0 Å². The van der Waals surface area contributed by atoms with Crippen LogP contribution in [0.3, 0.4) is 0 Å². The molecule has 1 N–H and O–H groups in total. The number of amides is 1. The minimum atomic E-state index is -4.68. The second kappa shape index (κ2) is 5.48. The molecule has 2 aromatic carbocycles. The molecule has 2 nitrogen and oxygen atoms in total. The van der Waals surface area contributed by atoms with Gasteiger partial charge in [0.2, 0.25) is 0 Å². The Bertz CT molecular complexity index is 622. The van der Waals surface area contributed by atoms with Crippen LogP contribution >= 0.6 is 0 Å². The number of carbonyl (C=O) groups is 1. The molecule has 1 amide bonds. The molecule has 0 fully saturated rings. The van der Waals surface area contributed by atoms with Crippen LogP contribution < -0.4 is 5.32 Å². The van der Waals surface area contributed by atoms with E-state index in [4.69, 9.17) is 0 Å². The highest BCUT2D eigenvalue weighted by atomic mass is 19.3. The zero-order valence-corrected chi connectivity index (χ0v) is 10.2. The Kier molecular flexibility index (Phi) is 3.92. The van der Waals surface area contributed by atoms with Crippen LogP contribution in [0.25, 0.3) is 10.8 Å². The first-order valence-electron chi connectivity index (χ1n) is 5.84. The molecular weight excluding hydrogens is 274 g/mol. The Hall–Kier alpha value is -2.11. The number of hydrogen-bond acceptors (Lipinski definition) is 1. The van der Waals surface area contributed by atoms with E-state index in [1.807, 2.05) is 23.5 Å². The molecule has 0 radical (unpaired) electrons. The number of halogens is 4. The van der Waals surface area contributed by atoms with Crippen molar-refractivity contribution in [2.45, 2.75) is 18.9 Å². The number of carbonyl (C=O) groups excluding carboxylic acids is 1. The lowest BCUT2D eigenvalue weighted by molar-refractivity contribution is -0.169. The molecule has 0 atom stereocenters. The Balaban J connectivity index is 2.16. The van der Waals surface area contributed by atoms with Crippen molar-refractivity contribution in [2.75, 3.05) is 0 Å². The van der Waals surface area contributed by atoms with Crippen LogP contribution in [0.15, 0.2) is 42.5 Å². The predicted molar refractivity (Wildman–Crippen MR) is 66.7 cm³/mol. The first kappa shape index (κ1) is 14.3. The second-order valence-electron chi connectivity index (χ2n) is 4.24. The Morgan fingerprint density at radius 3 is 2.45 bits per heavy atom. The largest absolute Gasteiger partial charge is 0.383 e. The minimum Gasteiger partial charge on any atom is -0.347 e. The van der Waals surface area contributed by atoms with Crippen molar-refractivity contribution in [3.63, 3.8) is 0 Å². The van der Waals surface area contributed by atoms with Gasteiger partial charge in [0, 0.05) is 6.54 Å². The van der Waals surface area contributed by atoms with Crippen molar-refractivity contribution in [2.24, 2.45) is 0 Å². The van der Waals surface area contributed by atoms with Gasteiger partial charge in [0.25, 0.3) is 5.91 Å². The molecule has 20 heavy (non-hydrogen) atoms. The fraction of sp³-hybridized carbons (Fsp3) is 0.214. The van der Waals surface area contributed by atoms with Crippen molar-refractivity contribution in [1.82, 2.24) is 5.32 Å². The summed E-state index contributed by atoms with van der Waals surface area (Å²) in [7, 11) is 0. The summed E-state index contributed by atoms with van der Waals surface area (Å²) >= 11 is 0. The van der Waals surface area contributed by atoms with Gasteiger partial charge in [-0.3, -0.25) is 4.79 Å². The Labute approximate surface area is 112 Å². The quantitative estimate of drug-likeness (QED) is 0.857. The summed E-state index contributed by atoms with van der Waals surface area (Å²) in [5.41, 5.74) is 0.585.